The number of anilines is 2. The highest BCUT2D eigenvalue weighted by atomic mass is 32.2. The fourth-order valence-electron chi connectivity index (χ4n) is 6.30. The molecule has 7 rings (SSSR count). The Morgan fingerprint density at radius 2 is 1.51 bits per heavy atom. The van der Waals surface area contributed by atoms with Gasteiger partial charge < -0.3 is 5.32 Å². The maximum atomic E-state index is 14.1. The molecule has 2 aliphatic rings. The molecule has 9 heteroatoms. The molecule has 0 spiro atoms. The number of hydrogen-bond donors (Lipinski definition) is 1. The van der Waals surface area contributed by atoms with Gasteiger partial charge in [0.1, 0.15) is 11.8 Å². The van der Waals surface area contributed by atoms with Gasteiger partial charge in [-0.25, -0.2) is 4.90 Å². The van der Waals surface area contributed by atoms with Crippen LogP contribution in [0.5, 0.6) is 0 Å². The molecule has 2 unspecified atom stereocenters. The first-order valence-electron chi connectivity index (χ1n) is 14.8. The number of para-hydroxylation sites is 1. The fraction of sp³-hybridized carbons (Fsp3) is 0.222. The van der Waals surface area contributed by atoms with Gasteiger partial charge in [-0.1, -0.05) is 123 Å². The number of nitrogens with one attached hydrogen (secondary N) is 1. The molecule has 1 aromatic heterocycles. The predicted molar refractivity (Wildman–Crippen MR) is 180 cm³/mol. The molecule has 4 aromatic carbocycles. The molecular formula is C36H31N3O4S2. The van der Waals surface area contributed by atoms with E-state index in [9.17, 15) is 19.2 Å². The van der Waals surface area contributed by atoms with E-state index in [0.717, 1.165) is 33.2 Å². The Labute approximate surface area is 268 Å². The van der Waals surface area contributed by atoms with Gasteiger partial charge >= 0.3 is 4.87 Å². The maximum Gasteiger partial charge on any atom is 0.308 e. The lowest BCUT2D eigenvalue weighted by atomic mass is 9.81. The van der Waals surface area contributed by atoms with Crippen molar-refractivity contribution in [2.75, 3.05) is 10.2 Å². The number of aromatic nitrogens is 1. The lowest BCUT2D eigenvalue weighted by molar-refractivity contribution is -0.122. The number of nitrogens with zero attached hydrogens (tertiary/aromatic N) is 2. The summed E-state index contributed by atoms with van der Waals surface area (Å²) in [4.78, 5) is 56.7. The van der Waals surface area contributed by atoms with Gasteiger partial charge in [0.25, 0.3) is 0 Å². The van der Waals surface area contributed by atoms with Crippen LogP contribution in [0.4, 0.5) is 11.4 Å². The minimum Gasteiger partial charge on any atom is -0.324 e. The summed E-state index contributed by atoms with van der Waals surface area (Å²) in [5, 5.41) is 4.71. The van der Waals surface area contributed by atoms with Gasteiger partial charge in [0.2, 0.25) is 17.7 Å². The highest BCUT2D eigenvalue weighted by Gasteiger charge is 2.56. The molecule has 1 N–H and O–H groups in total. The first-order chi connectivity index (χ1) is 21.6. The van der Waals surface area contributed by atoms with Crippen molar-refractivity contribution in [2.24, 2.45) is 5.92 Å². The quantitative estimate of drug-likeness (QED) is 0.215. The summed E-state index contributed by atoms with van der Waals surface area (Å²) in [6.07, 6.45) is 0. The number of carbonyl (C=O) groups is 3. The third-order valence-corrected chi connectivity index (χ3v) is 11.2. The molecule has 0 bridgehead atoms. The molecule has 7 nitrogen and oxygen atoms in total. The summed E-state index contributed by atoms with van der Waals surface area (Å²) in [7, 11) is 0. The molecule has 226 valence electrons. The average molecular weight is 634 g/mol. The Hall–Kier alpha value is -4.47. The summed E-state index contributed by atoms with van der Waals surface area (Å²) < 4.78 is 1.46. The summed E-state index contributed by atoms with van der Waals surface area (Å²) in [5.41, 5.74) is 3.13. The Kier molecular flexibility index (Phi) is 7.25. The zero-order valence-electron chi connectivity index (χ0n) is 25.0. The van der Waals surface area contributed by atoms with Crippen LogP contribution in [-0.2, 0) is 26.3 Å². The van der Waals surface area contributed by atoms with Crippen molar-refractivity contribution < 1.29 is 14.4 Å². The van der Waals surface area contributed by atoms with Gasteiger partial charge in [-0.3, -0.25) is 23.7 Å². The molecule has 5 aromatic rings. The molecule has 0 saturated carbocycles. The van der Waals surface area contributed by atoms with E-state index in [1.165, 1.54) is 21.2 Å². The molecule has 1 saturated heterocycles. The van der Waals surface area contributed by atoms with E-state index < -0.39 is 17.1 Å². The van der Waals surface area contributed by atoms with Crippen molar-refractivity contribution in [2.45, 2.75) is 48.9 Å². The second-order valence-electron chi connectivity index (χ2n) is 12.5. The lowest BCUT2D eigenvalue weighted by Crippen LogP contribution is -2.33. The van der Waals surface area contributed by atoms with Crippen LogP contribution < -0.4 is 15.1 Å². The molecule has 45 heavy (non-hydrogen) atoms. The molecule has 0 radical (unpaired) electrons. The minimum absolute atomic E-state index is 0.0660. The van der Waals surface area contributed by atoms with E-state index >= 15 is 0 Å². The molecule has 0 aliphatic carbocycles. The van der Waals surface area contributed by atoms with Gasteiger partial charge in [0.15, 0.2) is 0 Å². The Morgan fingerprint density at radius 1 is 0.822 bits per heavy atom. The van der Waals surface area contributed by atoms with E-state index in [1.807, 2.05) is 60.7 Å². The van der Waals surface area contributed by atoms with Crippen LogP contribution in [0, 0.1) is 5.92 Å². The second-order valence-corrected chi connectivity index (χ2v) is 14.6. The van der Waals surface area contributed by atoms with Crippen LogP contribution in [0.2, 0.25) is 0 Å². The number of hydrogen-bond acceptors (Lipinski definition) is 6. The van der Waals surface area contributed by atoms with Crippen LogP contribution in [0.25, 0.3) is 10.8 Å². The summed E-state index contributed by atoms with van der Waals surface area (Å²) in [5.74, 6) is -2.13. The number of amides is 3. The smallest absolute Gasteiger partial charge is 0.308 e. The summed E-state index contributed by atoms with van der Waals surface area (Å²) >= 11 is 2.28. The fourth-order valence-corrected chi connectivity index (χ4v) is 9.08. The zero-order chi connectivity index (χ0) is 31.5. The lowest BCUT2D eigenvalue weighted by Gasteiger charge is -2.31. The number of carbonyl (C=O) groups excluding carboxylic acids is 3. The van der Waals surface area contributed by atoms with Gasteiger partial charge in [-0.05, 0) is 40.1 Å². The Bertz CT molecular complexity index is 2020. The van der Waals surface area contributed by atoms with Crippen LogP contribution >= 0.6 is 23.1 Å². The molecule has 3 heterocycles. The number of thioether (sulfide) groups is 1. The molecule has 2 aliphatic heterocycles. The largest absolute Gasteiger partial charge is 0.324 e. The van der Waals surface area contributed by atoms with E-state index in [0.29, 0.717) is 21.3 Å². The highest BCUT2D eigenvalue weighted by Crippen LogP contribution is 2.54. The Balaban J connectivity index is 1.29. The first kappa shape index (κ1) is 29.3. The Morgan fingerprint density at radius 3 is 2.24 bits per heavy atom. The van der Waals surface area contributed by atoms with Crippen LogP contribution in [-0.4, -0.2) is 27.5 Å². The SMILES string of the molecule is CC(C)(C)c1ccc([C@H]2c3sc(=O)n(CC(=O)Nc4cccc5ccccc45)c3SC3C(=O)N(c4ccccc4)C(=O)C32)cc1. The standard InChI is InChI=1S/C36H31N3O4S2/c1-36(2,3)23-18-16-22(17-19-23)28-29-30(33(42)39(32(29)41)24-12-5-4-6-13-24)44-34-31(28)45-35(43)38(34)20-27(40)37-26-15-9-11-21-10-7-8-14-25(21)26/h4-19,28-30H,20H2,1-3H3,(H,37,40)/t28-,29?,30?/m1/s1. The molecular weight excluding hydrogens is 603 g/mol. The van der Waals surface area contributed by atoms with E-state index in [2.05, 4.69) is 38.2 Å². The van der Waals surface area contributed by atoms with E-state index in [4.69, 9.17) is 0 Å². The summed E-state index contributed by atoms with van der Waals surface area (Å²) in [6, 6.07) is 30.6. The number of fused-ring (bicyclic) bond motifs is 3. The predicted octanol–water partition coefficient (Wildman–Crippen LogP) is 6.80. The van der Waals surface area contributed by atoms with Crippen molar-refractivity contribution in [3.63, 3.8) is 0 Å². The zero-order valence-corrected chi connectivity index (χ0v) is 26.7. The van der Waals surface area contributed by atoms with Gasteiger partial charge in [0, 0.05) is 21.9 Å². The topological polar surface area (TPSA) is 88.5 Å². The normalized spacial score (nSPS) is 19.4. The number of benzene rings is 4. The number of thiazole rings is 1. The molecule has 1 fully saturated rings. The van der Waals surface area contributed by atoms with E-state index in [-0.39, 0.29) is 34.6 Å². The maximum absolute atomic E-state index is 14.1. The van der Waals surface area contributed by atoms with Gasteiger partial charge in [-0.15, -0.1) is 0 Å². The van der Waals surface area contributed by atoms with Crippen molar-refractivity contribution in [1.29, 1.82) is 0 Å². The third-order valence-electron chi connectivity index (χ3n) is 8.56. The van der Waals surface area contributed by atoms with Crippen LogP contribution in [0.1, 0.15) is 42.7 Å². The second kappa shape index (κ2) is 11.2. The summed E-state index contributed by atoms with van der Waals surface area (Å²) in [6.45, 7) is 6.21. The van der Waals surface area contributed by atoms with Gasteiger partial charge in [0.05, 0.1) is 16.6 Å². The van der Waals surface area contributed by atoms with Crippen LogP contribution in [0.3, 0.4) is 0 Å². The minimum atomic E-state index is -0.737. The average Bonchev–Trinajstić information content (AvgIpc) is 3.47. The van der Waals surface area contributed by atoms with Crippen LogP contribution in [0.15, 0.2) is 107 Å². The molecule has 3 amide bonds. The van der Waals surface area contributed by atoms with Crippen molar-refractivity contribution in [1.82, 2.24) is 4.57 Å². The first-order valence-corrected chi connectivity index (χ1v) is 16.5. The number of rotatable bonds is 5. The van der Waals surface area contributed by atoms with Crippen molar-refractivity contribution >= 4 is 63.0 Å². The van der Waals surface area contributed by atoms with Crippen molar-refractivity contribution in [3.8, 4) is 0 Å². The van der Waals surface area contributed by atoms with Crippen molar-refractivity contribution in [3.05, 3.63) is 123 Å². The monoisotopic (exact) mass is 633 g/mol. The third kappa shape index (κ3) is 5.10. The molecule has 3 atom stereocenters. The highest BCUT2D eigenvalue weighted by molar-refractivity contribution is 8.00. The number of imide groups is 1. The van der Waals surface area contributed by atoms with E-state index in [1.54, 1.807) is 24.3 Å². The van der Waals surface area contributed by atoms with Gasteiger partial charge in [-0.2, -0.15) is 0 Å².